The third kappa shape index (κ3) is 4.83. The van der Waals surface area contributed by atoms with Crippen LogP contribution in [0.15, 0.2) is 48.0 Å². The molecule has 8 heteroatoms. The zero-order chi connectivity index (χ0) is 24.2. The van der Waals surface area contributed by atoms with Gasteiger partial charge in [-0.15, -0.1) is 0 Å². The number of benzene rings is 2. The normalized spacial score (nSPS) is 20.7. The van der Waals surface area contributed by atoms with Crippen LogP contribution < -0.4 is 4.74 Å². The number of morpholine rings is 1. The van der Waals surface area contributed by atoms with Gasteiger partial charge in [0.1, 0.15) is 17.3 Å². The minimum absolute atomic E-state index is 0.00199. The van der Waals surface area contributed by atoms with Gasteiger partial charge in [0.2, 0.25) is 0 Å². The highest BCUT2D eigenvalue weighted by molar-refractivity contribution is 6.46. The molecule has 2 aliphatic heterocycles. The van der Waals surface area contributed by atoms with Crippen molar-refractivity contribution in [2.24, 2.45) is 0 Å². The number of Topliss-reactive ketones (excluding diaryl/α,β-unsaturated/α-hetero) is 1. The average Bonchev–Trinajstić information content (AvgIpc) is 3.09. The first-order chi connectivity index (χ1) is 16.4. The maximum Gasteiger partial charge on any atom is 0.295 e. The third-order valence-corrected chi connectivity index (χ3v) is 6.23. The Kier molecular flexibility index (Phi) is 7.29. The molecule has 2 saturated heterocycles. The van der Waals surface area contributed by atoms with Gasteiger partial charge in [-0.05, 0) is 55.3 Å². The van der Waals surface area contributed by atoms with Crippen molar-refractivity contribution in [3.05, 3.63) is 70.5 Å². The van der Waals surface area contributed by atoms with E-state index in [-0.39, 0.29) is 11.3 Å². The first-order valence-corrected chi connectivity index (χ1v) is 11.5. The maximum absolute atomic E-state index is 13.6. The summed E-state index contributed by atoms with van der Waals surface area (Å²) in [5.41, 5.74) is 1.78. The van der Waals surface area contributed by atoms with Gasteiger partial charge in [-0.3, -0.25) is 14.5 Å². The van der Waals surface area contributed by atoms with Crippen molar-refractivity contribution in [3.63, 3.8) is 0 Å². The molecule has 2 heterocycles. The lowest BCUT2D eigenvalue weighted by atomic mass is 9.94. The number of likely N-dealkylation sites (tertiary alicyclic amines) is 1. The van der Waals surface area contributed by atoms with Crippen molar-refractivity contribution in [2.75, 3.05) is 46.0 Å². The maximum atomic E-state index is 13.6. The molecule has 1 amide bonds. The summed E-state index contributed by atoms with van der Waals surface area (Å²) in [7, 11) is 0. The lowest BCUT2D eigenvalue weighted by Crippen LogP contribution is -2.42. The monoisotopic (exact) mass is 468 g/mol. The van der Waals surface area contributed by atoms with E-state index in [0.29, 0.717) is 49.8 Å². The summed E-state index contributed by atoms with van der Waals surface area (Å²) in [6, 6.07) is 9.98. The van der Waals surface area contributed by atoms with Crippen molar-refractivity contribution in [2.45, 2.75) is 19.9 Å². The third-order valence-electron chi connectivity index (χ3n) is 6.23. The van der Waals surface area contributed by atoms with Gasteiger partial charge in [0.15, 0.2) is 0 Å². The molecule has 0 bridgehead atoms. The molecule has 1 N–H and O–H groups in total. The van der Waals surface area contributed by atoms with E-state index >= 15 is 0 Å². The predicted octanol–water partition coefficient (Wildman–Crippen LogP) is 3.29. The molecule has 180 valence electrons. The molecule has 7 nitrogen and oxygen atoms in total. The second-order valence-electron chi connectivity index (χ2n) is 8.41. The largest absolute Gasteiger partial charge is 0.507 e. The van der Waals surface area contributed by atoms with E-state index in [4.69, 9.17) is 9.47 Å². The van der Waals surface area contributed by atoms with Crippen LogP contribution in [0.25, 0.3) is 5.76 Å². The molecule has 2 aromatic rings. The van der Waals surface area contributed by atoms with Gasteiger partial charge in [-0.25, -0.2) is 4.39 Å². The van der Waals surface area contributed by atoms with E-state index in [0.717, 1.165) is 18.7 Å². The highest BCUT2D eigenvalue weighted by Crippen LogP contribution is 2.39. The van der Waals surface area contributed by atoms with Crippen molar-refractivity contribution < 1.29 is 28.6 Å². The molecule has 1 unspecified atom stereocenters. The van der Waals surface area contributed by atoms with Crippen molar-refractivity contribution in [3.8, 4) is 5.75 Å². The second-order valence-corrected chi connectivity index (χ2v) is 8.41. The van der Waals surface area contributed by atoms with Crippen LogP contribution in [0.3, 0.4) is 0 Å². The number of halogens is 1. The number of hydrogen-bond donors (Lipinski definition) is 1. The Labute approximate surface area is 198 Å². The standard InChI is InChI=1S/C26H29FN2O5/c1-3-34-21-9-6-19(16-17(21)2)24(30)22-23(18-4-7-20(27)8-5-18)29(26(32)25(22)31)11-10-28-12-14-33-15-13-28/h4-9,16,23,30H,3,10-15H2,1-2H3. The molecule has 0 spiro atoms. The molecule has 2 aliphatic rings. The number of hydrogen-bond acceptors (Lipinski definition) is 6. The van der Waals surface area contributed by atoms with Gasteiger partial charge in [0.25, 0.3) is 11.7 Å². The SMILES string of the molecule is CCOc1ccc(C(O)=C2C(=O)C(=O)N(CCN3CCOCC3)C2c2ccc(F)cc2)cc1C. The Hall–Kier alpha value is -3.23. The second kappa shape index (κ2) is 10.4. The van der Waals surface area contributed by atoms with Crippen LogP contribution in [-0.2, 0) is 14.3 Å². The van der Waals surface area contributed by atoms with Crippen LogP contribution in [0.2, 0.25) is 0 Å². The van der Waals surface area contributed by atoms with Gasteiger partial charge in [-0.2, -0.15) is 0 Å². The van der Waals surface area contributed by atoms with Gasteiger partial charge in [-0.1, -0.05) is 12.1 Å². The Bertz CT molecular complexity index is 1090. The fourth-order valence-corrected chi connectivity index (χ4v) is 4.45. The first kappa shape index (κ1) is 23.9. The number of aliphatic hydroxyl groups is 1. The number of amides is 1. The van der Waals surface area contributed by atoms with Gasteiger partial charge >= 0.3 is 0 Å². The highest BCUT2D eigenvalue weighted by Gasteiger charge is 2.46. The summed E-state index contributed by atoms with van der Waals surface area (Å²) in [5, 5.41) is 11.2. The zero-order valence-electron chi connectivity index (χ0n) is 19.4. The molecule has 4 rings (SSSR count). The predicted molar refractivity (Wildman–Crippen MR) is 125 cm³/mol. The number of nitrogens with zero attached hydrogens (tertiary/aromatic N) is 2. The van der Waals surface area contributed by atoms with E-state index in [1.165, 1.54) is 17.0 Å². The number of ether oxygens (including phenoxy) is 2. The number of carbonyl (C=O) groups excluding carboxylic acids is 2. The molecule has 2 aromatic carbocycles. The number of ketones is 1. The van der Waals surface area contributed by atoms with Gasteiger partial charge in [0.05, 0.1) is 31.4 Å². The fraction of sp³-hybridized carbons (Fsp3) is 0.385. The summed E-state index contributed by atoms with van der Waals surface area (Å²) < 4.78 is 24.6. The minimum atomic E-state index is -0.812. The number of aliphatic hydroxyl groups excluding tert-OH is 1. The van der Waals surface area contributed by atoms with Crippen LogP contribution >= 0.6 is 0 Å². The quantitative estimate of drug-likeness (QED) is 0.382. The van der Waals surface area contributed by atoms with Crippen molar-refractivity contribution >= 4 is 17.4 Å². The summed E-state index contributed by atoms with van der Waals surface area (Å²) in [4.78, 5) is 29.9. The summed E-state index contributed by atoms with van der Waals surface area (Å²) in [6.07, 6.45) is 0. The van der Waals surface area contributed by atoms with Gasteiger partial charge in [0, 0.05) is 31.7 Å². The molecule has 2 fully saturated rings. The minimum Gasteiger partial charge on any atom is -0.507 e. The Morgan fingerprint density at radius 1 is 1.12 bits per heavy atom. The fourth-order valence-electron chi connectivity index (χ4n) is 4.45. The van der Waals surface area contributed by atoms with Crippen molar-refractivity contribution in [1.29, 1.82) is 0 Å². The van der Waals surface area contributed by atoms with E-state index in [1.807, 2.05) is 13.8 Å². The topological polar surface area (TPSA) is 79.3 Å². The number of carbonyl (C=O) groups is 2. The zero-order valence-corrected chi connectivity index (χ0v) is 19.4. The first-order valence-electron chi connectivity index (χ1n) is 11.5. The van der Waals surface area contributed by atoms with Crippen LogP contribution in [0.4, 0.5) is 4.39 Å². The van der Waals surface area contributed by atoms with Crippen LogP contribution in [0, 0.1) is 12.7 Å². The summed E-state index contributed by atoms with van der Waals surface area (Å²) in [5.74, 6) is -1.42. The average molecular weight is 469 g/mol. The molecular formula is C26H29FN2O5. The van der Waals surface area contributed by atoms with Gasteiger partial charge < -0.3 is 19.5 Å². The summed E-state index contributed by atoms with van der Waals surface area (Å²) >= 11 is 0. The number of aryl methyl sites for hydroxylation is 1. The molecular weight excluding hydrogens is 439 g/mol. The molecule has 0 radical (unpaired) electrons. The van der Waals surface area contributed by atoms with E-state index in [2.05, 4.69) is 4.90 Å². The van der Waals surface area contributed by atoms with E-state index < -0.39 is 23.5 Å². The molecule has 0 saturated carbocycles. The summed E-state index contributed by atoms with van der Waals surface area (Å²) in [6.45, 7) is 7.84. The molecule has 0 aliphatic carbocycles. The van der Waals surface area contributed by atoms with Crippen molar-refractivity contribution in [1.82, 2.24) is 9.80 Å². The Balaban J connectivity index is 1.73. The van der Waals surface area contributed by atoms with E-state index in [1.54, 1.807) is 30.3 Å². The number of rotatable bonds is 7. The molecule has 1 atom stereocenters. The van der Waals surface area contributed by atoms with Crippen LogP contribution in [0.1, 0.15) is 29.7 Å². The molecule has 34 heavy (non-hydrogen) atoms. The van der Waals surface area contributed by atoms with E-state index in [9.17, 15) is 19.1 Å². The highest BCUT2D eigenvalue weighted by atomic mass is 19.1. The van der Waals surface area contributed by atoms with Crippen LogP contribution in [-0.4, -0.2) is 72.6 Å². The smallest absolute Gasteiger partial charge is 0.295 e. The van der Waals surface area contributed by atoms with Crippen LogP contribution in [0.5, 0.6) is 5.75 Å². The lowest BCUT2D eigenvalue weighted by molar-refractivity contribution is -0.140. The molecule has 0 aromatic heterocycles. The Morgan fingerprint density at radius 2 is 1.82 bits per heavy atom. The lowest BCUT2D eigenvalue weighted by Gasteiger charge is -2.31. The Morgan fingerprint density at radius 3 is 2.47 bits per heavy atom.